The van der Waals surface area contributed by atoms with Crippen LogP contribution in [0.15, 0.2) is 41.1 Å². The SMILES string of the molecule is CN(CCO)C(=O)C1CCC(C(=O)Nc2c(C(=O)Nc3ccc(Cl)cn3)oc3cccnc23)CC1. The maximum atomic E-state index is 13.1. The number of nitrogens with zero attached hydrogens (tertiary/aromatic N) is 3. The monoisotopic (exact) mass is 499 g/mol. The van der Waals surface area contributed by atoms with Crippen LogP contribution < -0.4 is 10.6 Å². The Hall–Kier alpha value is -3.50. The van der Waals surface area contributed by atoms with Crippen LogP contribution in [0.5, 0.6) is 0 Å². The molecule has 0 saturated heterocycles. The molecule has 10 nitrogen and oxygen atoms in total. The van der Waals surface area contributed by atoms with Gasteiger partial charge in [0.2, 0.25) is 17.6 Å². The van der Waals surface area contributed by atoms with Crippen LogP contribution in [0.1, 0.15) is 36.2 Å². The van der Waals surface area contributed by atoms with Gasteiger partial charge in [0, 0.05) is 37.8 Å². The van der Waals surface area contributed by atoms with E-state index in [-0.39, 0.29) is 54.1 Å². The Bertz CT molecular complexity index is 1220. The fraction of sp³-hybridized carbons (Fsp3) is 0.375. The highest BCUT2D eigenvalue weighted by Gasteiger charge is 2.33. The lowest BCUT2D eigenvalue weighted by Gasteiger charge is -2.29. The molecule has 3 N–H and O–H groups in total. The second-order valence-corrected chi connectivity index (χ2v) is 8.93. The maximum Gasteiger partial charge on any atom is 0.294 e. The van der Waals surface area contributed by atoms with Crippen molar-refractivity contribution >= 4 is 51.9 Å². The number of furan rings is 1. The van der Waals surface area contributed by atoms with Crippen molar-refractivity contribution in [2.75, 3.05) is 30.8 Å². The number of carbonyl (C=O) groups is 3. The number of hydrogen-bond acceptors (Lipinski definition) is 7. The number of carbonyl (C=O) groups excluding carboxylic acids is 3. The van der Waals surface area contributed by atoms with Crippen molar-refractivity contribution in [1.29, 1.82) is 0 Å². The number of amides is 3. The predicted octanol–water partition coefficient (Wildman–Crippen LogP) is 3.32. The molecule has 1 aliphatic rings. The van der Waals surface area contributed by atoms with Crippen LogP contribution in [0, 0.1) is 11.8 Å². The molecular formula is C24H26ClN5O5. The van der Waals surface area contributed by atoms with E-state index in [2.05, 4.69) is 20.6 Å². The third-order valence-electron chi connectivity index (χ3n) is 6.13. The quantitative estimate of drug-likeness (QED) is 0.453. The Kier molecular flexibility index (Phi) is 7.62. The number of aliphatic hydroxyl groups is 1. The first-order chi connectivity index (χ1) is 16.9. The standard InChI is InChI=1S/C24H26ClN5O5/c1-30(11-12-31)24(34)15-6-4-14(5-7-15)22(32)29-20-19-17(3-2-10-26-19)35-21(20)23(33)28-18-9-8-16(25)13-27-18/h2-3,8-10,13-15,31H,4-7,11-12H2,1H3,(H,29,32)(H,27,28,33). The first-order valence-electron chi connectivity index (χ1n) is 11.3. The van der Waals surface area contributed by atoms with Crippen LogP contribution >= 0.6 is 11.6 Å². The minimum atomic E-state index is -0.589. The molecule has 0 spiro atoms. The largest absolute Gasteiger partial charge is 0.447 e. The zero-order chi connectivity index (χ0) is 24.9. The normalized spacial score (nSPS) is 17.7. The highest BCUT2D eigenvalue weighted by Crippen LogP contribution is 2.34. The van der Waals surface area contributed by atoms with Crippen molar-refractivity contribution in [3.63, 3.8) is 0 Å². The molecule has 3 aromatic heterocycles. The molecule has 1 aliphatic carbocycles. The molecule has 0 radical (unpaired) electrons. The van der Waals surface area contributed by atoms with Crippen LogP contribution in [-0.2, 0) is 9.59 Å². The molecule has 0 aliphatic heterocycles. The van der Waals surface area contributed by atoms with Gasteiger partial charge in [0.25, 0.3) is 5.91 Å². The molecule has 4 rings (SSSR count). The number of aromatic nitrogens is 2. The van der Waals surface area contributed by atoms with Gasteiger partial charge in [-0.05, 0) is 49.9 Å². The summed E-state index contributed by atoms with van der Waals surface area (Å²) in [5.74, 6) is -1.15. The number of rotatable bonds is 7. The molecule has 1 saturated carbocycles. The lowest BCUT2D eigenvalue weighted by atomic mass is 9.81. The summed E-state index contributed by atoms with van der Waals surface area (Å²) >= 11 is 5.85. The van der Waals surface area contributed by atoms with Crippen molar-refractivity contribution in [3.05, 3.63) is 47.4 Å². The van der Waals surface area contributed by atoms with E-state index in [1.54, 1.807) is 37.5 Å². The number of nitrogens with one attached hydrogen (secondary N) is 2. The molecule has 3 amide bonds. The van der Waals surface area contributed by atoms with E-state index in [1.165, 1.54) is 11.1 Å². The molecule has 35 heavy (non-hydrogen) atoms. The van der Waals surface area contributed by atoms with Gasteiger partial charge in [-0.2, -0.15) is 0 Å². The predicted molar refractivity (Wildman–Crippen MR) is 130 cm³/mol. The van der Waals surface area contributed by atoms with Crippen LogP contribution in [0.4, 0.5) is 11.5 Å². The van der Waals surface area contributed by atoms with Crippen molar-refractivity contribution < 1.29 is 23.9 Å². The summed E-state index contributed by atoms with van der Waals surface area (Å²) in [7, 11) is 1.67. The van der Waals surface area contributed by atoms with Crippen molar-refractivity contribution in [3.8, 4) is 0 Å². The van der Waals surface area contributed by atoms with Crippen molar-refractivity contribution in [1.82, 2.24) is 14.9 Å². The van der Waals surface area contributed by atoms with Crippen LogP contribution in [-0.4, -0.2) is 57.9 Å². The number of likely N-dealkylation sites (N-methyl/N-ethyl adjacent to an activating group) is 1. The fourth-order valence-corrected chi connectivity index (χ4v) is 4.34. The molecule has 11 heteroatoms. The van der Waals surface area contributed by atoms with Gasteiger partial charge < -0.3 is 25.1 Å². The Labute approximate surface area is 206 Å². The fourth-order valence-electron chi connectivity index (χ4n) is 4.23. The summed E-state index contributed by atoms with van der Waals surface area (Å²) in [4.78, 5) is 48.4. The summed E-state index contributed by atoms with van der Waals surface area (Å²) in [5.41, 5.74) is 0.917. The van der Waals surface area contributed by atoms with E-state index in [0.717, 1.165) is 0 Å². The number of pyridine rings is 2. The number of anilines is 2. The zero-order valence-corrected chi connectivity index (χ0v) is 19.9. The van der Waals surface area contributed by atoms with Crippen LogP contribution in [0.25, 0.3) is 11.1 Å². The third-order valence-corrected chi connectivity index (χ3v) is 6.35. The first kappa shape index (κ1) is 24.6. The maximum absolute atomic E-state index is 13.1. The minimum Gasteiger partial charge on any atom is -0.447 e. The van der Waals surface area contributed by atoms with Gasteiger partial charge in [0.05, 0.1) is 11.6 Å². The van der Waals surface area contributed by atoms with E-state index in [9.17, 15) is 14.4 Å². The molecule has 1 fully saturated rings. The summed E-state index contributed by atoms with van der Waals surface area (Å²) in [5, 5.41) is 15.0. The van der Waals surface area contributed by atoms with E-state index < -0.39 is 5.91 Å². The summed E-state index contributed by atoms with van der Waals surface area (Å²) < 4.78 is 5.73. The van der Waals surface area contributed by atoms with Crippen LogP contribution in [0.2, 0.25) is 5.02 Å². The van der Waals surface area contributed by atoms with Crippen LogP contribution in [0.3, 0.4) is 0 Å². The second-order valence-electron chi connectivity index (χ2n) is 8.49. The molecular weight excluding hydrogens is 474 g/mol. The van der Waals surface area contributed by atoms with E-state index >= 15 is 0 Å². The molecule has 0 unspecified atom stereocenters. The van der Waals surface area contributed by atoms with Crippen molar-refractivity contribution in [2.24, 2.45) is 11.8 Å². The first-order valence-corrected chi connectivity index (χ1v) is 11.7. The number of hydrogen-bond donors (Lipinski definition) is 3. The molecule has 0 bridgehead atoms. The molecule has 0 aromatic carbocycles. The van der Waals surface area contributed by atoms with E-state index in [0.29, 0.717) is 41.8 Å². The van der Waals surface area contributed by atoms with Crippen molar-refractivity contribution in [2.45, 2.75) is 25.7 Å². The lowest BCUT2D eigenvalue weighted by Crippen LogP contribution is -2.38. The summed E-state index contributed by atoms with van der Waals surface area (Å²) in [6.45, 7) is 0.201. The van der Waals surface area contributed by atoms with Gasteiger partial charge in [-0.1, -0.05) is 11.6 Å². The van der Waals surface area contributed by atoms with Gasteiger partial charge in [-0.15, -0.1) is 0 Å². The average Bonchev–Trinajstić information content (AvgIpc) is 3.23. The third kappa shape index (κ3) is 5.60. The molecule has 0 atom stereocenters. The lowest BCUT2D eigenvalue weighted by molar-refractivity contribution is -0.137. The van der Waals surface area contributed by atoms with Gasteiger partial charge in [0.1, 0.15) is 17.0 Å². The number of aliphatic hydroxyl groups excluding tert-OH is 1. The Morgan fingerprint density at radius 3 is 2.54 bits per heavy atom. The van der Waals surface area contributed by atoms with E-state index in [4.69, 9.17) is 21.1 Å². The topological polar surface area (TPSA) is 138 Å². The van der Waals surface area contributed by atoms with Gasteiger partial charge >= 0.3 is 0 Å². The molecule has 3 heterocycles. The Morgan fingerprint density at radius 2 is 1.86 bits per heavy atom. The molecule has 184 valence electrons. The minimum absolute atomic E-state index is 0.0160. The van der Waals surface area contributed by atoms with Gasteiger partial charge in [-0.3, -0.25) is 19.4 Å². The zero-order valence-electron chi connectivity index (χ0n) is 19.2. The summed E-state index contributed by atoms with van der Waals surface area (Å²) in [6, 6.07) is 6.48. The van der Waals surface area contributed by atoms with E-state index in [1.807, 2.05) is 0 Å². The Morgan fingerprint density at radius 1 is 1.11 bits per heavy atom. The van der Waals surface area contributed by atoms with Gasteiger partial charge in [0.15, 0.2) is 5.58 Å². The highest BCUT2D eigenvalue weighted by atomic mass is 35.5. The average molecular weight is 500 g/mol. The Balaban J connectivity index is 1.48. The number of fused-ring (bicyclic) bond motifs is 1. The second kappa shape index (κ2) is 10.8. The number of halogens is 1. The summed E-state index contributed by atoms with van der Waals surface area (Å²) in [6.07, 6.45) is 5.18. The van der Waals surface area contributed by atoms with Gasteiger partial charge in [-0.25, -0.2) is 4.98 Å². The highest BCUT2D eigenvalue weighted by molar-refractivity contribution is 6.30. The molecule has 3 aromatic rings. The smallest absolute Gasteiger partial charge is 0.294 e.